The number of carbonyl (C=O) groups is 1. The average molecular weight is 188 g/mol. The van der Waals surface area contributed by atoms with E-state index in [2.05, 4.69) is 4.98 Å². The summed E-state index contributed by atoms with van der Waals surface area (Å²) in [6.45, 7) is 0.398. The molecule has 0 spiro atoms. The van der Waals surface area contributed by atoms with Gasteiger partial charge in [-0.1, -0.05) is 0 Å². The van der Waals surface area contributed by atoms with E-state index in [1.54, 1.807) is 12.1 Å². The van der Waals surface area contributed by atoms with E-state index in [0.29, 0.717) is 5.56 Å². The number of hydrogen-bond donors (Lipinski definition) is 0. The summed E-state index contributed by atoms with van der Waals surface area (Å²) in [5.41, 5.74) is -0.439. The lowest BCUT2D eigenvalue weighted by atomic mass is 9.80. The molecule has 1 aromatic rings. The minimum Gasteiger partial charge on any atom is -0.377 e. The summed E-state index contributed by atoms with van der Waals surface area (Å²) in [5, 5.41) is 8.90. The van der Waals surface area contributed by atoms with E-state index < -0.39 is 5.41 Å². The van der Waals surface area contributed by atoms with Crippen molar-refractivity contribution in [1.82, 2.24) is 4.98 Å². The van der Waals surface area contributed by atoms with Gasteiger partial charge in [0.15, 0.2) is 11.2 Å². The summed E-state index contributed by atoms with van der Waals surface area (Å²) in [4.78, 5) is 15.7. The number of ether oxygens (including phenoxy) is 1. The second kappa shape index (κ2) is 3.20. The minimum absolute atomic E-state index is 0.173. The van der Waals surface area contributed by atoms with Gasteiger partial charge >= 0.3 is 0 Å². The maximum absolute atomic E-state index is 11.8. The maximum Gasteiger partial charge on any atom is 0.187 e. The van der Waals surface area contributed by atoms with Gasteiger partial charge in [-0.15, -0.1) is 0 Å². The number of nitriles is 1. The molecular weight excluding hydrogens is 180 g/mol. The van der Waals surface area contributed by atoms with Gasteiger partial charge in [-0.3, -0.25) is 9.78 Å². The molecule has 14 heavy (non-hydrogen) atoms. The third-order valence-corrected chi connectivity index (χ3v) is 2.29. The van der Waals surface area contributed by atoms with Crippen LogP contribution >= 0.6 is 0 Å². The van der Waals surface area contributed by atoms with Gasteiger partial charge in [0.05, 0.1) is 19.3 Å². The summed E-state index contributed by atoms with van der Waals surface area (Å²) in [6, 6.07) is 5.24. The Balaban J connectivity index is 2.29. The van der Waals surface area contributed by atoms with Crippen molar-refractivity contribution in [1.29, 1.82) is 5.26 Å². The highest BCUT2D eigenvalue weighted by molar-refractivity contribution is 6.02. The molecule has 2 rings (SSSR count). The number of pyridine rings is 1. The van der Waals surface area contributed by atoms with Crippen LogP contribution in [0.5, 0.6) is 0 Å². The van der Waals surface area contributed by atoms with Crippen molar-refractivity contribution in [2.24, 2.45) is 5.41 Å². The van der Waals surface area contributed by atoms with E-state index in [0.717, 1.165) is 0 Å². The zero-order valence-electron chi connectivity index (χ0n) is 7.43. The number of hydrogen-bond acceptors (Lipinski definition) is 4. The summed E-state index contributed by atoms with van der Waals surface area (Å²) >= 11 is 0. The number of aromatic nitrogens is 1. The lowest BCUT2D eigenvalue weighted by Crippen LogP contribution is -2.47. The summed E-state index contributed by atoms with van der Waals surface area (Å²) < 4.78 is 4.91. The van der Waals surface area contributed by atoms with Gasteiger partial charge in [0.25, 0.3) is 0 Å². The zero-order valence-corrected chi connectivity index (χ0v) is 7.43. The van der Waals surface area contributed by atoms with Crippen LogP contribution in [-0.4, -0.2) is 24.0 Å². The lowest BCUT2D eigenvalue weighted by Gasteiger charge is -2.33. The first-order chi connectivity index (χ1) is 6.78. The average Bonchev–Trinajstić information content (AvgIpc) is 2.18. The van der Waals surface area contributed by atoms with Crippen molar-refractivity contribution in [2.45, 2.75) is 0 Å². The highest BCUT2D eigenvalue weighted by Gasteiger charge is 2.46. The number of nitrogens with zero attached hydrogens (tertiary/aromatic N) is 2. The van der Waals surface area contributed by atoms with Crippen LogP contribution in [0.3, 0.4) is 0 Å². The van der Waals surface area contributed by atoms with E-state index in [-0.39, 0.29) is 19.0 Å². The number of Topliss-reactive ketones (excluding diaryl/α,β-unsaturated/α-hetero) is 1. The molecule has 1 fully saturated rings. The van der Waals surface area contributed by atoms with Crippen LogP contribution < -0.4 is 0 Å². The molecule has 70 valence electrons. The fourth-order valence-electron chi connectivity index (χ4n) is 1.33. The quantitative estimate of drug-likeness (QED) is 0.644. The molecule has 4 nitrogen and oxygen atoms in total. The van der Waals surface area contributed by atoms with Crippen LogP contribution in [-0.2, 0) is 4.74 Å². The minimum atomic E-state index is -0.957. The SMILES string of the molecule is N#CC1(C(=O)c2ccncc2)COC1. The van der Waals surface area contributed by atoms with Crippen molar-refractivity contribution in [2.75, 3.05) is 13.2 Å². The molecule has 0 aromatic carbocycles. The van der Waals surface area contributed by atoms with E-state index in [4.69, 9.17) is 10.00 Å². The third-order valence-electron chi connectivity index (χ3n) is 2.29. The van der Waals surface area contributed by atoms with E-state index in [1.807, 2.05) is 6.07 Å². The maximum atomic E-state index is 11.8. The van der Waals surface area contributed by atoms with Crippen molar-refractivity contribution in [3.8, 4) is 6.07 Å². The Morgan fingerprint density at radius 3 is 2.57 bits per heavy atom. The summed E-state index contributed by atoms with van der Waals surface area (Å²) in [7, 11) is 0. The fraction of sp³-hybridized carbons (Fsp3) is 0.300. The zero-order chi connectivity index (χ0) is 10.0. The summed E-state index contributed by atoms with van der Waals surface area (Å²) in [6.07, 6.45) is 3.08. The van der Waals surface area contributed by atoms with Crippen LogP contribution in [0.1, 0.15) is 10.4 Å². The largest absolute Gasteiger partial charge is 0.377 e. The molecule has 4 heteroatoms. The van der Waals surface area contributed by atoms with Crippen LogP contribution in [0.4, 0.5) is 0 Å². The molecule has 1 aliphatic heterocycles. The first kappa shape index (κ1) is 8.85. The Bertz CT molecular complexity index is 390. The second-order valence-electron chi connectivity index (χ2n) is 3.25. The molecule has 0 bridgehead atoms. The first-order valence-corrected chi connectivity index (χ1v) is 4.22. The van der Waals surface area contributed by atoms with Crippen LogP contribution in [0.25, 0.3) is 0 Å². The third kappa shape index (κ3) is 1.19. The van der Waals surface area contributed by atoms with Gasteiger partial charge < -0.3 is 4.74 Å². The molecule has 0 unspecified atom stereocenters. The predicted octanol–water partition coefficient (Wildman–Crippen LogP) is 0.804. The van der Waals surface area contributed by atoms with E-state index >= 15 is 0 Å². The predicted molar refractivity (Wildman–Crippen MR) is 47.4 cm³/mol. The van der Waals surface area contributed by atoms with Crippen molar-refractivity contribution in [3.63, 3.8) is 0 Å². The van der Waals surface area contributed by atoms with Crippen LogP contribution in [0.2, 0.25) is 0 Å². The molecule has 0 saturated carbocycles. The molecule has 0 amide bonds. The monoisotopic (exact) mass is 188 g/mol. The Labute approximate surface area is 81.1 Å². The van der Waals surface area contributed by atoms with E-state index in [9.17, 15) is 4.79 Å². The molecule has 0 aliphatic carbocycles. The molecule has 1 saturated heterocycles. The first-order valence-electron chi connectivity index (χ1n) is 4.22. The van der Waals surface area contributed by atoms with Gasteiger partial charge in [0.1, 0.15) is 0 Å². The van der Waals surface area contributed by atoms with Crippen molar-refractivity contribution in [3.05, 3.63) is 30.1 Å². The molecular formula is C10H8N2O2. The summed E-state index contributed by atoms with van der Waals surface area (Å²) in [5.74, 6) is -0.173. The van der Waals surface area contributed by atoms with Gasteiger partial charge in [0.2, 0.25) is 0 Å². The van der Waals surface area contributed by atoms with Gasteiger partial charge in [-0.05, 0) is 12.1 Å². The lowest BCUT2D eigenvalue weighted by molar-refractivity contribution is -0.0566. The topological polar surface area (TPSA) is 63.0 Å². The van der Waals surface area contributed by atoms with Crippen molar-refractivity contribution < 1.29 is 9.53 Å². The van der Waals surface area contributed by atoms with Crippen LogP contribution in [0.15, 0.2) is 24.5 Å². The Kier molecular flexibility index (Phi) is 2.02. The van der Waals surface area contributed by atoms with Crippen molar-refractivity contribution >= 4 is 5.78 Å². The van der Waals surface area contributed by atoms with E-state index in [1.165, 1.54) is 12.4 Å². The molecule has 0 N–H and O–H groups in total. The highest BCUT2D eigenvalue weighted by Crippen LogP contribution is 2.30. The highest BCUT2D eigenvalue weighted by atomic mass is 16.5. The molecule has 0 atom stereocenters. The molecule has 1 aromatic heterocycles. The van der Waals surface area contributed by atoms with Crippen LogP contribution in [0, 0.1) is 16.7 Å². The fourth-order valence-corrected chi connectivity index (χ4v) is 1.33. The van der Waals surface area contributed by atoms with Gasteiger partial charge in [-0.2, -0.15) is 5.26 Å². The Morgan fingerprint density at radius 1 is 1.50 bits per heavy atom. The molecule has 0 radical (unpaired) electrons. The Morgan fingerprint density at radius 2 is 2.14 bits per heavy atom. The normalized spacial score (nSPS) is 17.9. The molecule has 2 heterocycles. The standard InChI is InChI=1S/C10H8N2O2/c11-5-10(6-14-7-10)9(13)8-1-3-12-4-2-8/h1-4H,6-7H2. The Hall–Kier alpha value is -1.73. The second-order valence-corrected chi connectivity index (χ2v) is 3.25. The molecule has 1 aliphatic rings. The van der Waals surface area contributed by atoms with Gasteiger partial charge in [-0.25, -0.2) is 0 Å². The number of carbonyl (C=O) groups excluding carboxylic acids is 1. The number of rotatable bonds is 2. The number of ketones is 1. The van der Waals surface area contributed by atoms with Gasteiger partial charge in [0, 0.05) is 18.0 Å². The smallest absolute Gasteiger partial charge is 0.187 e.